The van der Waals surface area contributed by atoms with Gasteiger partial charge >= 0.3 is 12.1 Å². The van der Waals surface area contributed by atoms with Crippen molar-refractivity contribution in [3.05, 3.63) is 42.0 Å². The highest BCUT2D eigenvalue weighted by atomic mass is 16.6. The van der Waals surface area contributed by atoms with Crippen LogP contribution in [0.15, 0.2) is 30.8 Å². The van der Waals surface area contributed by atoms with Gasteiger partial charge in [-0.15, -0.1) is 0 Å². The Kier molecular flexibility index (Phi) is 9.63. The van der Waals surface area contributed by atoms with Crippen molar-refractivity contribution < 1.29 is 28.7 Å². The summed E-state index contributed by atoms with van der Waals surface area (Å²) in [5, 5.41) is 4.97. The van der Waals surface area contributed by atoms with Crippen molar-refractivity contribution in [3.8, 4) is 0 Å². The Labute approximate surface area is 195 Å². The quantitative estimate of drug-likeness (QED) is 0.576. The topological polar surface area (TPSA) is 114 Å². The number of carbonyl (C=O) groups is 4. The first-order valence-electron chi connectivity index (χ1n) is 10.6. The predicted molar refractivity (Wildman–Crippen MR) is 125 cm³/mol. The molecule has 1 aromatic carbocycles. The summed E-state index contributed by atoms with van der Waals surface area (Å²) >= 11 is 0. The number of benzene rings is 1. The van der Waals surface area contributed by atoms with Crippen molar-refractivity contribution in [1.29, 1.82) is 0 Å². The van der Waals surface area contributed by atoms with E-state index in [0.717, 1.165) is 5.56 Å². The molecule has 9 nitrogen and oxygen atoms in total. The second-order valence-corrected chi connectivity index (χ2v) is 9.36. The van der Waals surface area contributed by atoms with E-state index in [1.54, 1.807) is 65.8 Å². The van der Waals surface area contributed by atoms with Crippen LogP contribution in [-0.2, 0) is 23.9 Å². The number of esters is 1. The molecular weight excluding hydrogens is 426 g/mol. The van der Waals surface area contributed by atoms with E-state index in [4.69, 9.17) is 4.74 Å². The molecule has 1 rings (SSSR count). The van der Waals surface area contributed by atoms with Crippen molar-refractivity contribution in [3.63, 3.8) is 0 Å². The monoisotopic (exact) mass is 461 g/mol. The third-order valence-electron chi connectivity index (χ3n) is 4.38. The smallest absolute Gasteiger partial charge is 0.408 e. The lowest BCUT2D eigenvalue weighted by molar-refractivity contribution is -0.147. The lowest BCUT2D eigenvalue weighted by atomic mass is 9.95. The summed E-state index contributed by atoms with van der Waals surface area (Å²) in [6, 6.07) is 5.93. The molecule has 0 spiro atoms. The maximum atomic E-state index is 13.3. The summed E-state index contributed by atoms with van der Waals surface area (Å²) in [4.78, 5) is 51.5. The number of nitrogens with one attached hydrogen (secondary N) is 2. The van der Waals surface area contributed by atoms with Gasteiger partial charge in [0.2, 0.25) is 11.8 Å². The Morgan fingerprint density at radius 1 is 1.06 bits per heavy atom. The van der Waals surface area contributed by atoms with Gasteiger partial charge in [0.25, 0.3) is 0 Å². The van der Waals surface area contributed by atoms with E-state index >= 15 is 0 Å². The van der Waals surface area contributed by atoms with Crippen molar-refractivity contribution in [2.24, 2.45) is 0 Å². The van der Waals surface area contributed by atoms with Crippen LogP contribution in [-0.4, -0.2) is 60.1 Å². The minimum atomic E-state index is -1.08. The normalized spacial score (nSPS) is 12.2. The first kappa shape index (κ1) is 27.7. The molecular formula is C24H35N3O6. The molecule has 0 aliphatic carbocycles. The third-order valence-corrected chi connectivity index (χ3v) is 4.38. The Morgan fingerprint density at radius 2 is 1.70 bits per heavy atom. The van der Waals surface area contributed by atoms with Crippen LogP contribution in [0, 0.1) is 0 Å². The zero-order valence-corrected chi connectivity index (χ0v) is 20.5. The molecule has 0 aliphatic heterocycles. The van der Waals surface area contributed by atoms with E-state index in [2.05, 4.69) is 21.9 Å². The maximum Gasteiger partial charge on any atom is 0.408 e. The highest BCUT2D eigenvalue weighted by molar-refractivity contribution is 5.92. The van der Waals surface area contributed by atoms with Gasteiger partial charge in [0.05, 0.1) is 7.11 Å². The Balaban J connectivity index is 3.32. The van der Waals surface area contributed by atoms with Gasteiger partial charge in [-0.2, -0.15) is 0 Å². The van der Waals surface area contributed by atoms with Gasteiger partial charge in [-0.1, -0.05) is 30.9 Å². The summed E-state index contributed by atoms with van der Waals surface area (Å²) in [7, 11) is 1.22. The Morgan fingerprint density at radius 3 is 2.21 bits per heavy atom. The van der Waals surface area contributed by atoms with Crippen molar-refractivity contribution in [1.82, 2.24) is 15.5 Å². The summed E-state index contributed by atoms with van der Waals surface area (Å²) < 4.78 is 9.78. The zero-order valence-electron chi connectivity index (χ0n) is 20.5. The molecule has 9 heteroatoms. The molecule has 33 heavy (non-hydrogen) atoms. The molecule has 0 fully saturated rings. The number of nitrogens with zero attached hydrogens (tertiary/aromatic N) is 1. The van der Waals surface area contributed by atoms with Crippen molar-refractivity contribution in [2.75, 3.05) is 20.2 Å². The van der Waals surface area contributed by atoms with E-state index in [0.29, 0.717) is 5.56 Å². The lowest BCUT2D eigenvalue weighted by Gasteiger charge is -2.41. The largest absolute Gasteiger partial charge is 0.468 e. The molecule has 0 aromatic heterocycles. The van der Waals surface area contributed by atoms with Crippen LogP contribution in [0.5, 0.6) is 0 Å². The second kappa shape index (κ2) is 11.5. The van der Waals surface area contributed by atoms with Gasteiger partial charge in [-0.05, 0) is 58.7 Å². The Bertz CT molecular complexity index is 883. The molecule has 0 saturated carbocycles. The molecule has 1 atom stereocenters. The standard InChI is InChI=1S/C24H35N3O6/c1-9-16-11-10-12-17(13-16)20(21(30)25-15-19(29)32-8)27(23(2,3)4)18(28)14-26-22(31)33-24(5,6)7/h9-13,20H,1,14-15H2,2-8H3,(H,25,30)(H,26,31). The highest BCUT2D eigenvalue weighted by Gasteiger charge is 2.38. The van der Waals surface area contributed by atoms with Crippen LogP contribution >= 0.6 is 0 Å². The van der Waals surface area contributed by atoms with E-state index in [9.17, 15) is 19.2 Å². The van der Waals surface area contributed by atoms with Crippen LogP contribution in [0.1, 0.15) is 58.7 Å². The van der Waals surface area contributed by atoms with Gasteiger partial charge < -0.3 is 25.0 Å². The molecule has 0 bridgehead atoms. The molecule has 182 valence electrons. The van der Waals surface area contributed by atoms with Crippen molar-refractivity contribution >= 4 is 30.0 Å². The van der Waals surface area contributed by atoms with E-state index < -0.39 is 41.1 Å². The molecule has 0 aliphatic rings. The summed E-state index contributed by atoms with van der Waals surface area (Å²) in [5.74, 6) is -1.69. The number of rotatable bonds is 8. The molecule has 1 unspecified atom stereocenters. The van der Waals surface area contributed by atoms with E-state index in [-0.39, 0.29) is 13.1 Å². The maximum absolute atomic E-state index is 13.3. The number of alkyl carbamates (subject to hydrolysis) is 1. The van der Waals surface area contributed by atoms with Gasteiger partial charge in [0.1, 0.15) is 24.7 Å². The fourth-order valence-electron chi connectivity index (χ4n) is 3.05. The Hall–Kier alpha value is -3.36. The summed E-state index contributed by atoms with van der Waals surface area (Å²) in [5.41, 5.74) is -0.260. The van der Waals surface area contributed by atoms with E-state index in [1.165, 1.54) is 12.0 Å². The zero-order chi connectivity index (χ0) is 25.4. The minimum absolute atomic E-state index is 0.352. The number of hydrogen-bond acceptors (Lipinski definition) is 6. The molecule has 1 aromatic rings. The number of methoxy groups -OCH3 is 1. The summed E-state index contributed by atoms with van der Waals surface area (Å²) in [6.07, 6.45) is 0.880. The predicted octanol–water partition coefficient (Wildman–Crippen LogP) is 2.81. The fraction of sp³-hybridized carbons (Fsp3) is 0.500. The third kappa shape index (κ3) is 8.96. The second-order valence-electron chi connectivity index (χ2n) is 9.36. The molecule has 0 radical (unpaired) electrons. The first-order chi connectivity index (χ1) is 15.2. The number of hydrogen-bond donors (Lipinski definition) is 2. The average Bonchev–Trinajstić information content (AvgIpc) is 2.71. The van der Waals surface area contributed by atoms with Gasteiger partial charge in [0.15, 0.2) is 0 Å². The SMILES string of the molecule is C=Cc1cccc(C(C(=O)NCC(=O)OC)N(C(=O)CNC(=O)OC(C)(C)C)C(C)(C)C)c1. The lowest BCUT2D eigenvalue weighted by Crippen LogP contribution is -2.55. The van der Waals surface area contributed by atoms with Gasteiger partial charge in [0, 0.05) is 5.54 Å². The van der Waals surface area contributed by atoms with Gasteiger partial charge in [-0.3, -0.25) is 14.4 Å². The summed E-state index contributed by atoms with van der Waals surface area (Å²) in [6.45, 7) is 13.5. The first-order valence-corrected chi connectivity index (χ1v) is 10.6. The average molecular weight is 462 g/mol. The minimum Gasteiger partial charge on any atom is -0.468 e. The molecule has 0 heterocycles. The van der Waals surface area contributed by atoms with E-state index in [1.807, 2.05) is 6.07 Å². The van der Waals surface area contributed by atoms with Crippen LogP contribution < -0.4 is 10.6 Å². The van der Waals surface area contributed by atoms with Crippen LogP contribution in [0.3, 0.4) is 0 Å². The molecule has 3 amide bonds. The fourth-order valence-corrected chi connectivity index (χ4v) is 3.05. The van der Waals surface area contributed by atoms with Crippen molar-refractivity contribution in [2.45, 2.75) is 58.7 Å². The van der Waals surface area contributed by atoms with Crippen LogP contribution in [0.2, 0.25) is 0 Å². The van der Waals surface area contributed by atoms with Gasteiger partial charge in [-0.25, -0.2) is 4.79 Å². The van der Waals surface area contributed by atoms with Crippen LogP contribution in [0.25, 0.3) is 6.08 Å². The highest BCUT2D eigenvalue weighted by Crippen LogP contribution is 2.30. The molecule has 2 N–H and O–H groups in total. The number of amides is 3. The number of carbonyl (C=O) groups excluding carboxylic acids is 4. The number of ether oxygens (including phenoxy) is 2. The molecule has 0 saturated heterocycles. The van der Waals surface area contributed by atoms with Crippen LogP contribution in [0.4, 0.5) is 4.79 Å².